The molecule has 0 saturated carbocycles. The average Bonchev–Trinajstić information content (AvgIpc) is 2.70. The summed E-state index contributed by atoms with van der Waals surface area (Å²) in [4.78, 5) is 11.7. The zero-order valence-electron chi connectivity index (χ0n) is 9.33. The number of nitrogens with zero attached hydrogens (tertiary/aromatic N) is 1. The van der Waals surface area contributed by atoms with Crippen molar-refractivity contribution in [3.05, 3.63) is 41.3 Å². The smallest absolute Gasteiger partial charge is 0.277 e. The molecule has 0 fully saturated rings. The van der Waals surface area contributed by atoms with Crippen LogP contribution in [-0.4, -0.2) is 11.1 Å². The molecule has 3 N–H and O–H groups in total. The van der Waals surface area contributed by atoms with Gasteiger partial charge in [-0.2, -0.15) is 0 Å². The Balaban J connectivity index is 2.27. The van der Waals surface area contributed by atoms with Gasteiger partial charge in [0.05, 0.1) is 5.69 Å². The van der Waals surface area contributed by atoms with E-state index < -0.39 is 17.5 Å². The van der Waals surface area contributed by atoms with Gasteiger partial charge >= 0.3 is 0 Å². The fraction of sp³-hybridized carbons (Fsp3) is 0.0909. The highest BCUT2D eigenvalue weighted by Crippen LogP contribution is 2.24. The van der Waals surface area contributed by atoms with Crippen molar-refractivity contribution in [2.75, 3.05) is 11.1 Å². The fourth-order valence-corrected chi connectivity index (χ4v) is 1.38. The number of halogens is 2. The molecule has 5 nitrogen and oxygen atoms in total. The van der Waals surface area contributed by atoms with Crippen LogP contribution < -0.4 is 11.1 Å². The van der Waals surface area contributed by atoms with Gasteiger partial charge in [-0.25, -0.2) is 8.78 Å². The van der Waals surface area contributed by atoms with Crippen LogP contribution >= 0.6 is 0 Å². The molecule has 0 saturated heterocycles. The van der Waals surface area contributed by atoms with Crippen molar-refractivity contribution in [2.24, 2.45) is 0 Å². The van der Waals surface area contributed by atoms with Crippen molar-refractivity contribution in [1.82, 2.24) is 5.16 Å². The molecule has 7 heteroatoms. The van der Waals surface area contributed by atoms with Gasteiger partial charge < -0.3 is 15.6 Å². The minimum atomic E-state index is -0.957. The number of carbonyl (C=O) groups excluding carboxylic acids is 1. The minimum Gasteiger partial charge on any atom is -0.397 e. The number of nitrogens with two attached hydrogens (primary N) is 1. The van der Waals surface area contributed by atoms with Crippen molar-refractivity contribution in [3.63, 3.8) is 0 Å². The minimum absolute atomic E-state index is 0.0179. The van der Waals surface area contributed by atoms with Crippen LogP contribution in [0.15, 0.2) is 22.7 Å². The number of aryl methyl sites for hydroxylation is 1. The van der Waals surface area contributed by atoms with Gasteiger partial charge in [-0.05, 0) is 13.0 Å². The predicted octanol–water partition coefficient (Wildman–Crippen LogP) is 2.10. The van der Waals surface area contributed by atoms with Gasteiger partial charge in [0.1, 0.15) is 17.3 Å². The molecular formula is C11H9F2N3O2. The number of hydrogen-bond donors (Lipinski definition) is 2. The average molecular weight is 253 g/mol. The quantitative estimate of drug-likeness (QED) is 0.803. The topological polar surface area (TPSA) is 81.2 Å². The molecule has 18 heavy (non-hydrogen) atoms. The molecule has 1 heterocycles. The van der Waals surface area contributed by atoms with E-state index in [1.807, 2.05) is 0 Å². The molecular weight excluding hydrogens is 244 g/mol. The number of amides is 1. The SMILES string of the molecule is Cc1cc(C(=O)Nc2c(N)cc(F)cc2F)no1. The highest BCUT2D eigenvalue weighted by molar-refractivity contribution is 6.04. The number of carbonyl (C=O) groups is 1. The highest BCUT2D eigenvalue weighted by atomic mass is 19.1. The van der Waals surface area contributed by atoms with Crippen LogP contribution in [0.25, 0.3) is 0 Å². The number of hydrogen-bond acceptors (Lipinski definition) is 4. The lowest BCUT2D eigenvalue weighted by atomic mass is 10.2. The Kier molecular flexibility index (Phi) is 2.97. The molecule has 0 spiro atoms. The molecule has 0 aliphatic rings. The Morgan fingerprint density at radius 2 is 2.11 bits per heavy atom. The summed E-state index contributed by atoms with van der Waals surface area (Å²) in [6.45, 7) is 1.61. The predicted molar refractivity (Wildman–Crippen MR) is 60.0 cm³/mol. The van der Waals surface area contributed by atoms with E-state index in [0.29, 0.717) is 11.8 Å². The van der Waals surface area contributed by atoms with E-state index in [4.69, 9.17) is 10.3 Å². The number of nitrogens with one attached hydrogen (secondary N) is 1. The van der Waals surface area contributed by atoms with E-state index in [0.717, 1.165) is 6.07 Å². The fourth-order valence-electron chi connectivity index (χ4n) is 1.38. The standard InChI is InChI=1S/C11H9F2N3O2/c1-5-2-9(16-18-5)11(17)15-10-7(13)3-6(12)4-8(10)14/h2-4H,14H2,1H3,(H,15,17). The van der Waals surface area contributed by atoms with E-state index in [2.05, 4.69) is 10.5 Å². The molecule has 0 unspecified atom stereocenters. The maximum Gasteiger partial charge on any atom is 0.277 e. The maximum atomic E-state index is 13.4. The van der Waals surface area contributed by atoms with Gasteiger partial charge in [0.2, 0.25) is 0 Å². The summed E-state index contributed by atoms with van der Waals surface area (Å²) >= 11 is 0. The van der Waals surface area contributed by atoms with Gasteiger partial charge in [0.25, 0.3) is 5.91 Å². The zero-order chi connectivity index (χ0) is 13.3. The Morgan fingerprint density at radius 1 is 1.39 bits per heavy atom. The number of nitrogen functional groups attached to an aromatic ring is 1. The molecule has 0 atom stereocenters. The highest BCUT2D eigenvalue weighted by Gasteiger charge is 2.16. The molecule has 0 bridgehead atoms. The first kappa shape index (κ1) is 12.0. The number of aromatic nitrogens is 1. The first-order chi connectivity index (χ1) is 8.47. The maximum absolute atomic E-state index is 13.4. The zero-order valence-corrected chi connectivity index (χ0v) is 9.33. The van der Waals surface area contributed by atoms with E-state index in [1.165, 1.54) is 6.07 Å². The van der Waals surface area contributed by atoms with E-state index in [9.17, 15) is 13.6 Å². The Hall–Kier alpha value is -2.44. The van der Waals surface area contributed by atoms with E-state index in [-0.39, 0.29) is 17.1 Å². The second-order valence-electron chi connectivity index (χ2n) is 3.63. The van der Waals surface area contributed by atoms with Crippen molar-refractivity contribution in [3.8, 4) is 0 Å². The first-order valence-electron chi connectivity index (χ1n) is 4.96. The number of rotatable bonds is 2. The van der Waals surface area contributed by atoms with Crippen LogP contribution in [0.4, 0.5) is 20.2 Å². The molecule has 2 aromatic rings. The van der Waals surface area contributed by atoms with Crippen molar-refractivity contribution < 1.29 is 18.1 Å². The Bertz CT molecular complexity index is 587. The number of anilines is 2. The van der Waals surface area contributed by atoms with Gasteiger partial charge in [-0.15, -0.1) is 0 Å². The molecule has 0 aliphatic heterocycles. The van der Waals surface area contributed by atoms with Crippen molar-refractivity contribution >= 4 is 17.3 Å². The van der Waals surface area contributed by atoms with E-state index >= 15 is 0 Å². The molecule has 1 amide bonds. The van der Waals surface area contributed by atoms with Gasteiger partial charge in [-0.1, -0.05) is 5.16 Å². The number of benzene rings is 1. The van der Waals surface area contributed by atoms with E-state index in [1.54, 1.807) is 6.92 Å². The summed E-state index contributed by atoms with van der Waals surface area (Å²) in [5, 5.41) is 5.67. The van der Waals surface area contributed by atoms with Gasteiger partial charge in [0, 0.05) is 12.1 Å². The summed E-state index contributed by atoms with van der Waals surface area (Å²) in [6, 6.07) is 2.92. The van der Waals surface area contributed by atoms with Crippen LogP contribution in [0.3, 0.4) is 0 Å². The summed E-state index contributed by atoms with van der Waals surface area (Å²) in [5.41, 5.74) is 4.90. The molecule has 94 valence electrons. The lowest BCUT2D eigenvalue weighted by molar-refractivity contribution is 0.101. The lowest BCUT2D eigenvalue weighted by Crippen LogP contribution is -2.15. The van der Waals surface area contributed by atoms with Crippen LogP contribution in [0.5, 0.6) is 0 Å². The molecule has 1 aromatic heterocycles. The summed E-state index contributed by atoms with van der Waals surface area (Å²) in [6.07, 6.45) is 0. The van der Waals surface area contributed by atoms with Crippen LogP contribution in [0.1, 0.15) is 16.2 Å². The molecule has 0 radical (unpaired) electrons. The second kappa shape index (κ2) is 4.44. The summed E-state index contributed by atoms with van der Waals surface area (Å²) in [7, 11) is 0. The van der Waals surface area contributed by atoms with Crippen molar-refractivity contribution in [1.29, 1.82) is 0 Å². The third-order valence-corrected chi connectivity index (χ3v) is 2.18. The Labute approximate surface area is 101 Å². The third kappa shape index (κ3) is 2.29. The summed E-state index contributed by atoms with van der Waals surface area (Å²) < 4.78 is 30.9. The lowest BCUT2D eigenvalue weighted by Gasteiger charge is -2.07. The molecule has 1 aromatic carbocycles. The van der Waals surface area contributed by atoms with Gasteiger partial charge in [0.15, 0.2) is 11.5 Å². The first-order valence-corrected chi connectivity index (χ1v) is 4.96. The van der Waals surface area contributed by atoms with Crippen molar-refractivity contribution in [2.45, 2.75) is 6.92 Å². The largest absolute Gasteiger partial charge is 0.397 e. The second-order valence-corrected chi connectivity index (χ2v) is 3.63. The van der Waals surface area contributed by atoms with Crippen LogP contribution in [0, 0.1) is 18.6 Å². The summed E-state index contributed by atoms with van der Waals surface area (Å²) in [5.74, 6) is -2.03. The molecule has 2 rings (SSSR count). The van der Waals surface area contributed by atoms with Crippen LogP contribution in [-0.2, 0) is 0 Å². The van der Waals surface area contributed by atoms with Crippen LogP contribution in [0.2, 0.25) is 0 Å². The molecule has 0 aliphatic carbocycles. The normalized spacial score (nSPS) is 10.4. The monoisotopic (exact) mass is 253 g/mol. The Morgan fingerprint density at radius 3 is 2.67 bits per heavy atom. The van der Waals surface area contributed by atoms with Gasteiger partial charge in [-0.3, -0.25) is 4.79 Å². The third-order valence-electron chi connectivity index (χ3n) is 2.18.